The summed E-state index contributed by atoms with van der Waals surface area (Å²) in [6.07, 6.45) is 1.58. The van der Waals surface area contributed by atoms with E-state index in [1.54, 1.807) is 12.3 Å². The summed E-state index contributed by atoms with van der Waals surface area (Å²) in [6.45, 7) is 9.91. The summed E-state index contributed by atoms with van der Waals surface area (Å²) in [5.41, 5.74) is 3.35. The van der Waals surface area contributed by atoms with E-state index < -0.39 is 0 Å². The largest absolute Gasteiger partial charge is 0.346 e. The highest BCUT2D eigenvalue weighted by molar-refractivity contribution is 5.92. The minimum Gasteiger partial charge on any atom is -0.346 e. The van der Waals surface area contributed by atoms with Crippen LogP contribution in [-0.4, -0.2) is 21.4 Å². The molecule has 5 heteroatoms. The fraction of sp³-hybridized carbons (Fsp3) is 0.353. The predicted molar refractivity (Wildman–Crippen MR) is 88.4 cm³/mol. The quantitative estimate of drug-likeness (QED) is 0.911. The van der Waals surface area contributed by atoms with Crippen LogP contribution in [0.3, 0.4) is 0 Å². The third kappa shape index (κ3) is 4.28. The van der Waals surface area contributed by atoms with Crippen molar-refractivity contribution < 1.29 is 4.79 Å². The van der Waals surface area contributed by atoms with E-state index in [-0.39, 0.29) is 11.4 Å². The van der Waals surface area contributed by atoms with Crippen LogP contribution in [-0.2, 0) is 0 Å². The van der Waals surface area contributed by atoms with Gasteiger partial charge in [-0.3, -0.25) is 4.79 Å². The highest BCUT2D eigenvalue weighted by Gasteiger charge is 2.16. The lowest BCUT2D eigenvalue weighted by atomic mass is 10.1. The van der Waals surface area contributed by atoms with Crippen molar-refractivity contribution in [3.63, 3.8) is 0 Å². The zero-order chi connectivity index (χ0) is 16.3. The number of nitrogens with zero attached hydrogens (tertiary/aromatic N) is 2. The molecule has 0 saturated carbocycles. The number of benzene rings is 1. The Bertz CT molecular complexity index is 689. The molecule has 116 valence electrons. The lowest BCUT2D eigenvalue weighted by molar-refractivity contribution is 0.0914. The van der Waals surface area contributed by atoms with Crippen molar-refractivity contribution in [1.82, 2.24) is 15.3 Å². The number of hydrogen-bond donors (Lipinski definition) is 2. The van der Waals surface area contributed by atoms with E-state index in [0.29, 0.717) is 11.6 Å². The van der Waals surface area contributed by atoms with Crippen molar-refractivity contribution in [3.8, 4) is 0 Å². The molecule has 2 N–H and O–H groups in total. The summed E-state index contributed by atoms with van der Waals surface area (Å²) in [4.78, 5) is 20.6. The number of aromatic nitrogens is 2. The highest BCUT2D eigenvalue weighted by Crippen LogP contribution is 2.17. The maximum atomic E-state index is 12.1. The van der Waals surface area contributed by atoms with Gasteiger partial charge in [0.1, 0.15) is 5.69 Å². The monoisotopic (exact) mass is 298 g/mol. The standard InChI is InChI=1S/C17H22N4O/c1-11-6-7-13(10-12(11)2)19-16-18-9-8-14(20-16)15(22)21-17(3,4)5/h6-10H,1-5H3,(H,21,22)(H,18,19,20). The molecule has 0 unspecified atom stereocenters. The van der Waals surface area contributed by atoms with Gasteiger partial charge >= 0.3 is 0 Å². The summed E-state index contributed by atoms with van der Waals surface area (Å²) in [6, 6.07) is 7.63. The second kappa shape index (κ2) is 6.13. The van der Waals surface area contributed by atoms with Crippen molar-refractivity contribution in [2.75, 3.05) is 5.32 Å². The van der Waals surface area contributed by atoms with Crippen molar-refractivity contribution in [2.45, 2.75) is 40.2 Å². The van der Waals surface area contributed by atoms with Crippen LogP contribution in [0, 0.1) is 13.8 Å². The van der Waals surface area contributed by atoms with Crippen LogP contribution in [0.25, 0.3) is 0 Å². The molecule has 0 saturated heterocycles. The summed E-state index contributed by atoms with van der Waals surface area (Å²) in [5.74, 6) is 0.197. The fourth-order valence-corrected chi connectivity index (χ4v) is 1.90. The molecule has 0 radical (unpaired) electrons. The van der Waals surface area contributed by atoms with Gasteiger partial charge in [-0.05, 0) is 63.9 Å². The third-order valence-electron chi connectivity index (χ3n) is 3.14. The summed E-state index contributed by atoms with van der Waals surface area (Å²) < 4.78 is 0. The Labute approximate surface area is 131 Å². The minimum absolute atomic E-state index is 0.210. The van der Waals surface area contributed by atoms with Gasteiger partial charge in [0.25, 0.3) is 5.91 Å². The van der Waals surface area contributed by atoms with Crippen LogP contribution < -0.4 is 10.6 Å². The Morgan fingerprint density at radius 1 is 1.09 bits per heavy atom. The lowest BCUT2D eigenvalue weighted by Crippen LogP contribution is -2.41. The average Bonchev–Trinajstić information content (AvgIpc) is 2.41. The predicted octanol–water partition coefficient (Wildman–Crippen LogP) is 3.37. The van der Waals surface area contributed by atoms with E-state index >= 15 is 0 Å². The number of aryl methyl sites for hydroxylation is 2. The van der Waals surface area contributed by atoms with Crippen molar-refractivity contribution in [3.05, 3.63) is 47.3 Å². The van der Waals surface area contributed by atoms with Crippen molar-refractivity contribution in [2.24, 2.45) is 0 Å². The zero-order valence-corrected chi connectivity index (χ0v) is 13.7. The lowest BCUT2D eigenvalue weighted by Gasteiger charge is -2.20. The molecule has 0 spiro atoms. The van der Waals surface area contributed by atoms with E-state index in [9.17, 15) is 4.79 Å². The van der Waals surface area contributed by atoms with Gasteiger partial charge in [-0.2, -0.15) is 0 Å². The summed E-state index contributed by atoms with van der Waals surface area (Å²) in [7, 11) is 0. The number of hydrogen-bond acceptors (Lipinski definition) is 4. The SMILES string of the molecule is Cc1ccc(Nc2nccc(C(=O)NC(C)(C)C)n2)cc1C. The molecular weight excluding hydrogens is 276 g/mol. The Hall–Kier alpha value is -2.43. The normalized spacial score (nSPS) is 11.1. The first kappa shape index (κ1) is 15.9. The van der Waals surface area contributed by atoms with Crippen molar-refractivity contribution >= 4 is 17.5 Å². The second-order valence-corrected chi connectivity index (χ2v) is 6.39. The number of nitrogens with one attached hydrogen (secondary N) is 2. The molecule has 0 atom stereocenters. The third-order valence-corrected chi connectivity index (χ3v) is 3.14. The summed E-state index contributed by atoms with van der Waals surface area (Å²) >= 11 is 0. The molecule has 0 aliphatic carbocycles. The maximum absolute atomic E-state index is 12.1. The van der Waals surface area contributed by atoms with Crippen LogP contribution in [0.1, 0.15) is 42.4 Å². The minimum atomic E-state index is -0.302. The molecule has 0 bridgehead atoms. The molecule has 2 aromatic rings. The Morgan fingerprint density at radius 2 is 1.82 bits per heavy atom. The van der Waals surface area contributed by atoms with E-state index in [1.807, 2.05) is 39.0 Å². The van der Waals surface area contributed by atoms with Gasteiger partial charge in [-0.15, -0.1) is 0 Å². The van der Waals surface area contributed by atoms with Gasteiger partial charge < -0.3 is 10.6 Å². The van der Waals surface area contributed by atoms with Gasteiger partial charge in [-0.25, -0.2) is 9.97 Å². The molecule has 1 heterocycles. The van der Waals surface area contributed by atoms with Gasteiger partial charge in [0, 0.05) is 17.4 Å². The smallest absolute Gasteiger partial charge is 0.270 e. The first-order chi connectivity index (χ1) is 10.2. The average molecular weight is 298 g/mol. The van der Waals surface area contributed by atoms with Crippen LogP contribution in [0.5, 0.6) is 0 Å². The first-order valence-corrected chi connectivity index (χ1v) is 7.24. The molecule has 1 amide bonds. The number of rotatable bonds is 3. The molecule has 0 aliphatic heterocycles. The maximum Gasteiger partial charge on any atom is 0.270 e. The molecule has 2 rings (SSSR count). The van der Waals surface area contributed by atoms with Gasteiger partial charge in [0.15, 0.2) is 0 Å². The Morgan fingerprint density at radius 3 is 2.45 bits per heavy atom. The highest BCUT2D eigenvalue weighted by atomic mass is 16.2. The molecule has 1 aromatic carbocycles. The number of anilines is 2. The topological polar surface area (TPSA) is 66.9 Å². The molecule has 0 fully saturated rings. The molecule has 0 aliphatic rings. The fourth-order valence-electron chi connectivity index (χ4n) is 1.90. The second-order valence-electron chi connectivity index (χ2n) is 6.39. The molecule has 5 nitrogen and oxygen atoms in total. The number of carbonyl (C=O) groups excluding carboxylic acids is 1. The van der Waals surface area contributed by atoms with E-state index in [2.05, 4.69) is 34.4 Å². The van der Waals surface area contributed by atoms with Gasteiger partial charge in [0.05, 0.1) is 0 Å². The van der Waals surface area contributed by atoms with E-state index in [0.717, 1.165) is 5.69 Å². The van der Waals surface area contributed by atoms with Crippen LogP contribution in [0.2, 0.25) is 0 Å². The first-order valence-electron chi connectivity index (χ1n) is 7.24. The van der Waals surface area contributed by atoms with Crippen LogP contribution in [0.15, 0.2) is 30.5 Å². The van der Waals surface area contributed by atoms with Gasteiger partial charge in [-0.1, -0.05) is 6.07 Å². The number of carbonyl (C=O) groups is 1. The molecule has 22 heavy (non-hydrogen) atoms. The van der Waals surface area contributed by atoms with Gasteiger partial charge in [0.2, 0.25) is 5.95 Å². The van der Waals surface area contributed by atoms with Crippen molar-refractivity contribution in [1.29, 1.82) is 0 Å². The molecule has 1 aromatic heterocycles. The summed E-state index contributed by atoms with van der Waals surface area (Å²) in [5, 5.41) is 6.01. The van der Waals surface area contributed by atoms with Crippen LogP contribution in [0.4, 0.5) is 11.6 Å². The molecular formula is C17H22N4O. The Kier molecular flexibility index (Phi) is 4.45. The van der Waals surface area contributed by atoms with E-state index in [1.165, 1.54) is 11.1 Å². The number of amides is 1. The zero-order valence-electron chi connectivity index (χ0n) is 13.7. The van der Waals surface area contributed by atoms with E-state index in [4.69, 9.17) is 0 Å². The van der Waals surface area contributed by atoms with Crippen LogP contribution >= 0.6 is 0 Å². The Balaban J connectivity index is 2.17.